The zero-order valence-corrected chi connectivity index (χ0v) is 14.7. The molecule has 5 nitrogen and oxygen atoms in total. The van der Waals surface area contributed by atoms with E-state index in [2.05, 4.69) is 18.3 Å². The molecule has 1 aromatic rings. The highest BCUT2D eigenvalue weighted by Crippen LogP contribution is 2.38. The number of rotatable bonds is 4. The fourth-order valence-electron chi connectivity index (χ4n) is 3.97. The van der Waals surface area contributed by atoms with Crippen molar-refractivity contribution in [2.45, 2.75) is 52.0 Å². The Bertz CT molecular complexity index is 638. The highest BCUT2D eigenvalue weighted by atomic mass is 16.5. The van der Waals surface area contributed by atoms with Crippen molar-refractivity contribution in [3.05, 3.63) is 29.3 Å². The van der Waals surface area contributed by atoms with Gasteiger partial charge in [-0.15, -0.1) is 0 Å². The summed E-state index contributed by atoms with van der Waals surface area (Å²) in [5, 5.41) is 2.97. The van der Waals surface area contributed by atoms with E-state index in [9.17, 15) is 9.59 Å². The minimum absolute atomic E-state index is 0.0799. The Morgan fingerprint density at radius 1 is 1.21 bits per heavy atom. The van der Waals surface area contributed by atoms with Crippen molar-refractivity contribution in [3.63, 3.8) is 0 Å². The maximum Gasteiger partial charge on any atom is 0.325 e. The van der Waals surface area contributed by atoms with Crippen LogP contribution in [0.3, 0.4) is 0 Å². The number of amides is 3. The van der Waals surface area contributed by atoms with Gasteiger partial charge in [-0.1, -0.05) is 25.8 Å². The van der Waals surface area contributed by atoms with Gasteiger partial charge in [-0.3, -0.25) is 9.69 Å². The summed E-state index contributed by atoms with van der Waals surface area (Å²) in [6.45, 7) is 6.70. The largest absolute Gasteiger partial charge is 0.492 e. The number of imide groups is 1. The molecular weight excluding hydrogens is 304 g/mol. The lowest BCUT2D eigenvalue weighted by Gasteiger charge is -2.36. The van der Waals surface area contributed by atoms with Crippen molar-refractivity contribution in [2.75, 3.05) is 13.2 Å². The Balaban J connectivity index is 1.63. The molecule has 1 saturated carbocycles. The van der Waals surface area contributed by atoms with Crippen LogP contribution in [0.1, 0.15) is 43.7 Å². The number of hydrogen-bond acceptors (Lipinski definition) is 3. The molecule has 0 bridgehead atoms. The van der Waals surface area contributed by atoms with Gasteiger partial charge in [-0.2, -0.15) is 0 Å². The van der Waals surface area contributed by atoms with Crippen LogP contribution in [0.5, 0.6) is 5.75 Å². The number of nitrogens with one attached hydrogen (secondary N) is 1. The summed E-state index contributed by atoms with van der Waals surface area (Å²) in [6, 6.07) is 5.73. The van der Waals surface area contributed by atoms with E-state index in [0.29, 0.717) is 6.61 Å². The Hall–Kier alpha value is -2.04. The number of aryl methyl sites for hydroxylation is 2. The first-order valence-corrected chi connectivity index (χ1v) is 8.77. The second kappa shape index (κ2) is 6.46. The smallest absolute Gasteiger partial charge is 0.325 e. The predicted molar refractivity (Wildman–Crippen MR) is 92.0 cm³/mol. The van der Waals surface area contributed by atoms with Crippen LogP contribution in [0.4, 0.5) is 4.79 Å². The maximum atomic E-state index is 12.8. The van der Waals surface area contributed by atoms with Crippen LogP contribution in [-0.2, 0) is 4.79 Å². The van der Waals surface area contributed by atoms with Crippen LogP contribution >= 0.6 is 0 Å². The topological polar surface area (TPSA) is 58.6 Å². The van der Waals surface area contributed by atoms with E-state index in [1.807, 2.05) is 26.0 Å². The molecule has 1 aromatic carbocycles. The zero-order valence-electron chi connectivity index (χ0n) is 14.7. The first-order chi connectivity index (χ1) is 11.4. The van der Waals surface area contributed by atoms with E-state index in [1.165, 1.54) is 4.90 Å². The quantitative estimate of drug-likeness (QED) is 0.863. The summed E-state index contributed by atoms with van der Waals surface area (Å²) in [4.78, 5) is 26.5. The summed E-state index contributed by atoms with van der Waals surface area (Å²) >= 11 is 0. The van der Waals surface area contributed by atoms with Crippen molar-refractivity contribution >= 4 is 11.9 Å². The Kier molecular flexibility index (Phi) is 4.52. The standard InChI is InChI=1S/C19H26N2O3/c1-13-10-14(2)12-16(11-13)24-9-8-21-17(22)19(20-18(21)23)7-5-4-6-15(19)3/h10-12,15H,4-9H2,1-3H3,(H,20,23)/t15-,19-/m1/s1. The molecule has 1 aliphatic heterocycles. The molecule has 1 N–H and O–H groups in total. The van der Waals surface area contributed by atoms with Gasteiger partial charge in [-0.25, -0.2) is 4.79 Å². The highest BCUT2D eigenvalue weighted by molar-refractivity contribution is 6.07. The molecule has 1 spiro atoms. The van der Waals surface area contributed by atoms with E-state index >= 15 is 0 Å². The van der Waals surface area contributed by atoms with Crippen molar-refractivity contribution < 1.29 is 14.3 Å². The zero-order chi connectivity index (χ0) is 17.3. The van der Waals surface area contributed by atoms with E-state index < -0.39 is 5.54 Å². The van der Waals surface area contributed by atoms with Gasteiger partial charge in [0.1, 0.15) is 17.9 Å². The number of carbonyl (C=O) groups is 2. The van der Waals surface area contributed by atoms with Gasteiger partial charge >= 0.3 is 6.03 Å². The average Bonchev–Trinajstić information content (AvgIpc) is 2.74. The third-order valence-electron chi connectivity index (χ3n) is 5.28. The van der Waals surface area contributed by atoms with E-state index in [4.69, 9.17) is 4.74 Å². The number of ether oxygens (including phenoxy) is 1. The molecule has 3 rings (SSSR count). The van der Waals surface area contributed by atoms with Crippen LogP contribution < -0.4 is 10.1 Å². The summed E-state index contributed by atoms with van der Waals surface area (Å²) in [5.41, 5.74) is 1.58. The predicted octanol–water partition coefficient (Wildman–Crippen LogP) is 3.18. The molecule has 1 saturated heterocycles. The van der Waals surface area contributed by atoms with Gasteiger partial charge in [0.05, 0.1) is 6.54 Å². The first kappa shape index (κ1) is 16.8. The number of nitrogens with zero attached hydrogens (tertiary/aromatic N) is 1. The number of benzene rings is 1. The number of carbonyl (C=O) groups excluding carboxylic acids is 2. The highest BCUT2D eigenvalue weighted by Gasteiger charge is 2.54. The van der Waals surface area contributed by atoms with E-state index in [1.54, 1.807) is 0 Å². The van der Waals surface area contributed by atoms with Gasteiger partial charge in [0, 0.05) is 0 Å². The third-order valence-corrected chi connectivity index (χ3v) is 5.28. The van der Waals surface area contributed by atoms with Crippen molar-refractivity contribution in [1.29, 1.82) is 0 Å². The lowest BCUT2D eigenvalue weighted by molar-refractivity contribution is -0.134. The van der Waals surface area contributed by atoms with Crippen molar-refractivity contribution in [2.24, 2.45) is 5.92 Å². The Labute approximate surface area is 143 Å². The lowest BCUT2D eigenvalue weighted by Crippen LogP contribution is -2.54. The van der Waals surface area contributed by atoms with Gasteiger partial charge in [0.15, 0.2) is 0 Å². The van der Waals surface area contributed by atoms with Crippen LogP contribution in [0.2, 0.25) is 0 Å². The summed E-state index contributed by atoms with van der Waals surface area (Å²) in [5.74, 6) is 0.886. The van der Waals surface area contributed by atoms with Crippen LogP contribution in [0.25, 0.3) is 0 Å². The maximum absolute atomic E-state index is 12.8. The molecule has 0 unspecified atom stereocenters. The first-order valence-electron chi connectivity index (χ1n) is 8.77. The molecule has 24 heavy (non-hydrogen) atoms. The minimum atomic E-state index is -0.685. The molecule has 2 fully saturated rings. The normalized spacial score (nSPS) is 26.8. The second-order valence-corrected chi connectivity index (χ2v) is 7.18. The summed E-state index contributed by atoms with van der Waals surface area (Å²) in [7, 11) is 0. The van der Waals surface area contributed by atoms with Crippen LogP contribution in [0.15, 0.2) is 18.2 Å². The monoisotopic (exact) mass is 330 g/mol. The van der Waals surface area contributed by atoms with Gasteiger partial charge in [-0.05, 0) is 55.9 Å². The molecule has 1 heterocycles. The second-order valence-electron chi connectivity index (χ2n) is 7.18. The molecule has 5 heteroatoms. The average molecular weight is 330 g/mol. The fourth-order valence-corrected chi connectivity index (χ4v) is 3.97. The van der Waals surface area contributed by atoms with Gasteiger partial charge in [0.2, 0.25) is 0 Å². The number of hydrogen-bond donors (Lipinski definition) is 1. The van der Waals surface area contributed by atoms with E-state index in [-0.39, 0.29) is 24.4 Å². The molecular formula is C19H26N2O3. The lowest BCUT2D eigenvalue weighted by atomic mass is 9.73. The molecule has 0 radical (unpaired) electrons. The van der Waals surface area contributed by atoms with E-state index in [0.717, 1.165) is 42.6 Å². The van der Waals surface area contributed by atoms with Crippen molar-refractivity contribution in [3.8, 4) is 5.75 Å². The number of urea groups is 1. The Morgan fingerprint density at radius 2 is 1.92 bits per heavy atom. The van der Waals surface area contributed by atoms with Crippen LogP contribution in [-0.4, -0.2) is 35.5 Å². The summed E-state index contributed by atoms with van der Waals surface area (Å²) < 4.78 is 5.75. The fraction of sp³-hybridized carbons (Fsp3) is 0.579. The summed E-state index contributed by atoms with van der Waals surface area (Å²) in [6.07, 6.45) is 3.84. The third kappa shape index (κ3) is 2.99. The van der Waals surface area contributed by atoms with Gasteiger partial charge < -0.3 is 10.1 Å². The van der Waals surface area contributed by atoms with Gasteiger partial charge in [0.25, 0.3) is 5.91 Å². The SMILES string of the molecule is Cc1cc(C)cc(OCCN2C(=O)N[C@@]3(CCCC[C@H]3C)C2=O)c1. The minimum Gasteiger partial charge on any atom is -0.492 e. The molecule has 2 aliphatic rings. The molecule has 1 aliphatic carbocycles. The molecule has 0 aromatic heterocycles. The molecule has 130 valence electrons. The molecule has 3 amide bonds. The molecule has 2 atom stereocenters. The van der Waals surface area contributed by atoms with Crippen LogP contribution in [0, 0.1) is 19.8 Å². The Morgan fingerprint density at radius 3 is 2.58 bits per heavy atom. The van der Waals surface area contributed by atoms with Crippen molar-refractivity contribution in [1.82, 2.24) is 10.2 Å².